The third kappa shape index (κ3) is 3.05. The summed E-state index contributed by atoms with van der Waals surface area (Å²) in [5.74, 6) is -0.195. The Morgan fingerprint density at radius 1 is 1.30 bits per heavy atom. The second-order valence-electron chi connectivity index (χ2n) is 5.65. The van der Waals surface area contributed by atoms with Crippen molar-refractivity contribution >= 4 is 26.6 Å². The van der Waals surface area contributed by atoms with Crippen molar-refractivity contribution in [1.29, 1.82) is 0 Å². The summed E-state index contributed by atoms with van der Waals surface area (Å²) in [7, 11) is -3.78. The molecule has 0 bridgehead atoms. The van der Waals surface area contributed by atoms with E-state index < -0.39 is 15.3 Å². The maximum atomic E-state index is 12.3. The van der Waals surface area contributed by atoms with E-state index in [0.717, 1.165) is 11.1 Å². The predicted octanol–water partition coefficient (Wildman–Crippen LogP) is 3.87. The Bertz CT molecular complexity index is 952. The molecule has 1 heterocycles. The van der Waals surface area contributed by atoms with E-state index in [1.807, 2.05) is 32.1 Å². The van der Waals surface area contributed by atoms with Crippen molar-refractivity contribution in [1.82, 2.24) is 4.98 Å². The molecule has 6 nitrogen and oxygen atoms in total. The average molecular weight is 331 g/mol. The number of benzene rings is 1. The lowest BCUT2D eigenvalue weighted by atomic mass is 10.1. The lowest BCUT2D eigenvalue weighted by Gasteiger charge is -2.11. The highest BCUT2D eigenvalue weighted by Crippen LogP contribution is 2.36. The van der Waals surface area contributed by atoms with E-state index in [-0.39, 0.29) is 11.6 Å². The Morgan fingerprint density at radius 2 is 2.09 bits per heavy atom. The minimum absolute atomic E-state index is 0.138. The number of aromatic hydroxyl groups is 1. The number of allylic oxidation sites excluding steroid dienone is 3. The molecular weight excluding hydrogens is 314 g/mol. The molecular formula is C16H17N3O3S. The molecule has 0 saturated carbocycles. The number of hydrogen-bond acceptors (Lipinski definition) is 4. The van der Waals surface area contributed by atoms with Gasteiger partial charge >= 0.3 is 0 Å². The topological polar surface area (TPSA) is 94.9 Å². The van der Waals surface area contributed by atoms with Gasteiger partial charge in [-0.1, -0.05) is 40.0 Å². The highest BCUT2D eigenvalue weighted by molar-refractivity contribution is 7.90. The zero-order valence-electron chi connectivity index (χ0n) is 12.8. The standard InChI is InChI=1S/C16H17N3O3S/c1-10-3-6-12(7-4-10)23(21,22)19-18-15-13-9-11(2)5-8-14(13)17-16(15)20/h3-6,8-9,12,17,20H,7H2,1-2H3/t12-/m0/s1. The van der Waals surface area contributed by atoms with Crippen LogP contribution in [0.15, 0.2) is 51.6 Å². The van der Waals surface area contributed by atoms with E-state index in [2.05, 4.69) is 14.6 Å². The average Bonchev–Trinajstić information content (AvgIpc) is 2.80. The van der Waals surface area contributed by atoms with Crippen molar-refractivity contribution in [2.45, 2.75) is 25.5 Å². The smallest absolute Gasteiger partial charge is 0.277 e. The third-order valence-corrected chi connectivity index (χ3v) is 5.21. The quantitative estimate of drug-likeness (QED) is 0.836. The molecule has 0 unspecified atom stereocenters. The number of nitrogens with one attached hydrogen (secondary N) is 1. The van der Waals surface area contributed by atoms with E-state index in [1.54, 1.807) is 18.2 Å². The minimum Gasteiger partial charge on any atom is -0.493 e. The Labute approximate surface area is 134 Å². The first-order valence-corrected chi connectivity index (χ1v) is 8.70. The Hall–Kier alpha value is -2.41. The van der Waals surface area contributed by atoms with Crippen LogP contribution in [0.2, 0.25) is 0 Å². The van der Waals surface area contributed by atoms with Gasteiger partial charge < -0.3 is 10.1 Å². The highest BCUT2D eigenvalue weighted by Gasteiger charge is 2.24. The summed E-state index contributed by atoms with van der Waals surface area (Å²) in [5, 5.41) is 13.7. The van der Waals surface area contributed by atoms with Crippen LogP contribution in [0.25, 0.3) is 10.9 Å². The van der Waals surface area contributed by atoms with Gasteiger partial charge in [0, 0.05) is 5.39 Å². The zero-order valence-corrected chi connectivity index (χ0v) is 13.6. The molecule has 0 amide bonds. The van der Waals surface area contributed by atoms with Gasteiger partial charge in [0.1, 0.15) is 5.25 Å². The fraction of sp³-hybridized carbons (Fsp3) is 0.250. The summed E-state index contributed by atoms with van der Waals surface area (Å²) in [6.45, 7) is 3.82. The van der Waals surface area contributed by atoms with Gasteiger partial charge in [0.05, 0.1) is 5.52 Å². The largest absolute Gasteiger partial charge is 0.493 e. The van der Waals surface area contributed by atoms with Gasteiger partial charge in [-0.3, -0.25) is 0 Å². The van der Waals surface area contributed by atoms with Crippen LogP contribution >= 0.6 is 0 Å². The van der Waals surface area contributed by atoms with E-state index in [1.165, 1.54) is 0 Å². The lowest BCUT2D eigenvalue weighted by molar-refractivity contribution is 0.459. The van der Waals surface area contributed by atoms with E-state index >= 15 is 0 Å². The van der Waals surface area contributed by atoms with Crippen LogP contribution in [0.4, 0.5) is 5.69 Å². The molecule has 1 aromatic carbocycles. The summed E-state index contributed by atoms with van der Waals surface area (Å²) in [6.07, 6.45) is 5.60. The van der Waals surface area contributed by atoms with Crippen LogP contribution in [0.3, 0.4) is 0 Å². The number of H-pyrrole nitrogens is 1. The number of hydrogen-bond donors (Lipinski definition) is 2. The fourth-order valence-electron chi connectivity index (χ4n) is 2.47. The maximum absolute atomic E-state index is 12.3. The molecule has 120 valence electrons. The van der Waals surface area contributed by atoms with Crippen molar-refractivity contribution in [2.75, 3.05) is 0 Å². The first kappa shape index (κ1) is 15.5. The second-order valence-corrected chi connectivity index (χ2v) is 7.45. The second kappa shape index (κ2) is 5.66. The summed E-state index contributed by atoms with van der Waals surface area (Å²) in [4.78, 5) is 2.76. The number of nitrogens with zero attached hydrogens (tertiary/aromatic N) is 2. The van der Waals surface area contributed by atoms with E-state index in [0.29, 0.717) is 17.3 Å². The van der Waals surface area contributed by atoms with Crippen molar-refractivity contribution in [3.8, 4) is 5.88 Å². The van der Waals surface area contributed by atoms with Gasteiger partial charge in [-0.05, 0) is 32.4 Å². The van der Waals surface area contributed by atoms with Crippen LogP contribution in [0.1, 0.15) is 18.9 Å². The van der Waals surface area contributed by atoms with Crippen LogP contribution < -0.4 is 0 Å². The summed E-state index contributed by atoms with van der Waals surface area (Å²) < 4.78 is 28.1. The van der Waals surface area contributed by atoms with Gasteiger partial charge in [-0.25, -0.2) is 8.42 Å². The molecule has 0 radical (unpaired) electrons. The molecule has 3 rings (SSSR count). The first-order valence-electron chi connectivity index (χ1n) is 7.20. The van der Waals surface area contributed by atoms with Gasteiger partial charge in [0.25, 0.3) is 10.0 Å². The lowest BCUT2D eigenvalue weighted by Crippen LogP contribution is -2.17. The number of aromatic amines is 1. The van der Waals surface area contributed by atoms with Gasteiger partial charge in [-0.2, -0.15) is 0 Å². The van der Waals surface area contributed by atoms with Crippen LogP contribution in [0, 0.1) is 6.92 Å². The third-order valence-electron chi connectivity index (χ3n) is 3.79. The fourth-order valence-corrected chi connectivity index (χ4v) is 3.40. The monoisotopic (exact) mass is 331 g/mol. The molecule has 2 N–H and O–H groups in total. The molecule has 0 spiro atoms. The molecule has 1 atom stereocenters. The number of aromatic nitrogens is 1. The molecule has 0 saturated heterocycles. The minimum atomic E-state index is -3.78. The van der Waals surface area contributed by atoms with Crippen molar-refractivity contribution in [3.63, 3.8) is 0 Å². The van der Waals surface area contributed by atoms with Crippen LogP contribution in [0.5, 0.6) is 5.88 Å². The van der Waals surface area contributed by atoms with Gasteiger partial charge in [0.2, 0.25) is 5.88 Å². The van der Waals surface area contributed by atoms with Crippen molar-refractivity contribution < 1.29 is 13.5 Å². The molecule has 23 heavy (non-hydrogen) atoms. The molecule has 2 aromatic rings. The van der Waals surface area contributed by atoms with Crippen molar-refractivity contribution in [2.24, 2.45) is 9.63 Å². The Kier molecular flexibility index (Phi) is 3.81. The molecule has 1 aliphatic carbocycles. The summed E-state index contributed by atoms with van der Waals surface area (Å²) >= 11 is 0. The zero-order chi connectivity index (χ0) is 16.6. The van der Waals surface area contributed by atoms with Crippen LogP contribution in [-0.4, -0.2) is 23.8 Å². The molecule has 7 heteroatoms. The van der Waals surface area contributed by atoms with Gasteiger partial charge in [-0.15, -0.1) is 5.11 Å². The SMILES string of the molecule is CC1=CC[C@@H](S(=O)(=O)N=Nc2c(O)[nH]c3ccc(C)cc23)C=C1. The highest BCUT2D eigenvalue weighted by atomic mass is 32.2. The Balaban J connectivity index is 1.95. The first-order chi connectivity index (χ1) is 10.9. The van der Waals surface area contributed by atoms with Gasteiger partial charge in [0.15, 0.2) is 5.69 Å². The summed E-state index contributed by atoms with van der Waals surface area (Å²) in [5.41, 5.74) is 2.82. The number of sulfonamides is 1. The predicted molar refractivity (Wildman–Crippen MR) is 89.4 cm³/mol. The summed E-state index contributed by atoms with van der Waals surface area (Å²) in [6, 6.07) is 5.51. The number of rotatable bonds is 3. The molecule has 1 aliphatic rings. The normalized spacial score (nSPS) is 18.7. The number of aryl methyl sites for hydroxylation is 1. The van der Waals surface area contributed by atoms with Crippen LogP contribution in [-0.2, 0) is 10.0 Å². The maximum Gasteiger partial charge on any atom is 0.277 e. The van der Waals surface area contributed by atoms with Crippen molar-refractivity contribution in [3.05, 3.63) is 47.6 Å². The van der Waals surface area contributed by atoms with E-state index in [4.69, 9.17) is 0 Å². The molecule has 0 aliphatic heterocycles. The number of fused-ring (bicyclic) bond motifs is 1. The molecule has 1 aromatic heterocycles. The Morgan fingerprint density at radius 3 is 2.78 bits per heavy atom. The molecule has 0 fully saturated rings. The van der Waals surface area contributed by atoms with E-state index in [9.17, 15) is 13.5 Å².